The van der Waals surface area contributed by atoms with Crippen LogP contribution in [0.3, 0.4) is 0 Å². The average Bonchev–Trinajstić information content (AvgIpc) is 2.84. The first kappa shape index (κ1) is 11.7. The first-order valence-corrected chi connectivity index (χ1v) is 6.45. The number of hydrogen-bond donors (Lipinski definition) is 1. The van der Waals surface area contributed by atoms with Gasteiger partial charge in [0.25, 0.3) is 5.56 Å². The van der Waals surface area contributed by atoms with Crippen LogP contribution in [0.4, 0.5) is 0 Å². The van der Waals surface area contributed by atoms with Crippen LogP contribution < -0.4 is 5.56 Å². The fraction of sp³-hybridized carbons (Fsp3) is 0.200. The highest BCUT2D eigenvalue weighted by molar-refractivity contribution is 5.76. The average molecular weight is 253 g/mol. The van der Waals surface area contributed by atoms with Crippen LogP contribution in [0.2, 0.25) is 0 Å². The third kappa shape index (κ3) is 2.05. The molecule has 0 aliphatic heterocycles. The van der Waals surface area contributed by atoms with Gasteiger partial charge >= 0.3 is 0 Å². The zero-order chi connectivity index (χ0) is 13.2. The molecule has 0 saturated heterocycles. The van der Waals surface area contributed by atoms with E-state index < -0.39 is 0 Å². The van der Waals surface area contributed by atoms with Crippen LogP contribution in [0.25, 0.3) is 16.8 Å². The van der Waals surface area contributed by atoms with Gasteiger partial charge in [0.15, 0.2) is 5.65 Å². The van der Waals surface area contributed by atoms with Gasteiger partial charge in [-0.3, -0.25) is 9.89 Å². The number of aryl methyl sites for hydroxylation is 1. The second kappa shape index (κ2) is 4.72. The number of nitrogens with one attached hydrogen (secondary N) is 1. The van der Waals surface area contributed by atoms with E-state index in [0.717, 1.165) is 29.7 Å². The quantitative estimate of drug-likeness (QED) is 0.780. The summed E-state index contributed by atoms with van der Waals surface area (Å²) >= 11 is 0. The molecule has 0 atom stereocenters. The zero-order valence-electron chi connectivity index (χ0n) is 10.8. The second-order valence-electron chi connectivity index (χ2n) is 4.55. The lowest BCUT2D eigenvalue weighted by atomic mass is 10.1. The smallest absolute Gasteiger partial charge is 0.272 e. The standard InChI is InChI=1S/C15H15N3O/c1-2-6-12-9-14(19)18-15(17-12)13(10-16-18)11-7-4-3-5-8-11/h3-5,7-10,16H,2,6H2,1H3. The van der Waals surface area contributed by atoms with Gasteiger partial charge < -0.3 is 0 Å². The molecule has 2 heterocycles. The Kier molecular flexibility index (Phi) is 2.91. The zero-order valence-corrected chi connectivity index (χ0v) is 10.8. The van der Waals surface area contributed by atoms with Crippen molar-refractivity contribution in [2.45, 2.75) is 19.8 Å². The number of benzene rings is 1. The number of fused-ring (bicyclic) bond motifs is 1. The SMILES string of the molecule is CCCc1cc(=O)n2[nH]cc(-c3ccccc3)c2n1. The monoisotopic (exact) mass is 253 g/mol. The molecule has 19 heavy (non-hydrogen) atoms. The molecule has 0 amide bonds. The summed E-state index contributed by atoms with van der Waals surface area (Å²) in [7, 11) is 0. The molecule has 4 nitrogen and oxygen atoms in total. The topological polar surface area (TPSA) is 50.2 Å². The summed E-state index contributed by atoms with van der Waals surface area (Å²) < 4.78 is 1.49. The van der Waals surface area contributed by atoms with E-state index in [2.05, 4.69) is 17.0 Å². The Labute approximate surface area is 110 Å². The third-order valence-electron chi connectivity index (χ3n) is 3.14. The molecule has 4 heteroatoms. The van der Waals surface area contributed by atoms with E-state index in [9.17, 15) is 4.79 Å². The molecule has 0 aliphatic rings. The summed E-state index contributed by atoms with van der Waals surface area (Å²) in [5.74, 6) is 0. The summed E-state index contributed by atoms with van der Waals surface area (Å²) in [4.78, 5) is 16.6. The molecule has 2 aromatic heterocycles. The molecule has 3 aromatic rings. The number of aromatic amines is 1. The molecular formula is C15H15N3O. The van der Waals surface area contributed by atoms with Crippen molar-refractivity contribution in [3.63, 3.8) is 0 Å². The van der Waals surface area contributed by atoms with E-state index in [0.29, 0.717) is 5.65 Å². The largest absolute Gasteiger partial charge is 0.296 e. The minimum Gasteiger partial charge on any atom is -0.296 e. The van der Waals surface area contributed by atoms with Gasteiger partial charge in [-0.1, -0.05) is 43.7 Å². The maximum Gasteiger partial charge on any atom is 0.272 e. The van der Waals surface area contributed by atoms with Gasteiger partial charge in [-0.15, -0.1) is 0 Å². The first-order chi connectivity index (χ1) is 9.29. The number of nitrogens with zero attached hydrogens (tertiary/aromatic N) is 2. The van der Waals surface area contributed by atoms with Crippen molar-refractivity contribution in [1.82, 2.24) is 14.6 Å². The number of aromatic nitrogens is 3. The lowest BCUT2D eigenvalue weighted by molar-refractivity contribution is 0.839. The molecule has 3 rings (SSSR count). The van der Waals surface area contributed by atoms with Crippen LogP contribution in [0.1, 0.15) is 19.0 Å². The van der Waals surface area contributed by atoms with Gasteiger partial charge in [-0.25, -0.2) is 9.50 Å². The summed E-state index contributed by atoms with van der Waals surface area (Å²) in [6.45, 7) is 2.08. The van der Waals surface area contributed by atoms with Crippen molar-refractivity contribution in [2.75, 3.05) is 0 Å². The van der Waals surface area contributed by atoms with E-state index in [1.165, 1.54) is 4.52 Å². The summed E-state index contributed by atoms with van der Waals surface area (Å²) in [5.41, 5.74) is 3.50. The van der Waals surface area contributed by atoms with E-state index in [-0.39, 0.29) is 5.56 Å². The maximum absolute atomic E-state index is 12.0. The predicted octanol–water partition coefficient (Wildman–Crippen LogP) is 2.64. The van der Waals surface area contributed by atoms with Crippen LogP contribution in [0.5, 0.6) is 0 Å². The Morgan fingerprint density at radius 1 is 1.26 bits per heavy atom. The van der Waals surface area contributed by atoms with Gasteiger partial charge in [-0.2, -0.15) is 0 Å². The van der Waals surface area contributed by atoms with Crippen LogP contribution in [0, 0.1) is 0 Å². The second-order valence-corrected chi connectivity index (χ2v) is 4.55. The van der Waals surface area contributed by atoms with Crippen molar-refractivity contribution in [2.24, 2.45) is 0 Å². The van der Waals surface area contributed by atoms with Gasteiger partial charge in [0.2, 0.25) is 0 Å². The molecule has 0 radical (unpaired) electrons. The highest BCUT2D eigenvalue weighted by atomic mass is 16.1. The third-order valence-corrected chi connectivity index (χ3v) is 3.14. The normalized spacial score (nSPS) is 11.0. The van der Waals surface area contributed by atoms with E-state index in [1.54, 1.807) is 6.07 Å². The first-order valence-electron chi connectivity index (χ1n) is 6.45. The highest BCUT2D eigenvalue weighted by Crippen LogP contribution is 2.22. The summed E-state index contributed by atoms with van der Waals surface area (Å²) in [6.07, 6.45) is 3.63. The molecular weight excluding hydrogens is 238 g/mol. The Morgan fingerprint density at radius 2 is 2.05 bits per heavy atom. The van der Waals surface area contributed by atoms with Crippen LogP contribution in [0.15, 0.2) is 47.4 Å². The van der Waals surface area contributed by atoms with E-state index in [1.807, 2.05) is 36.5 Å². The predicted molar refractivity (Wildman–Crippen MR) is 75.2 cm³/mol. The van der Waals surface area contributed by atoms with Crippen LogP contribution in [-0.4, -0.2) is 14.6 Å². The Bertz CT molecular complexity index is 756. The molecule has 0 fully saturated rings. The molecule has 96 valence electrons. The van der Waals surface area contributed by atoms with Crippen molar-refractivity contribution in [3.05, 3.63) is 58.6 Å². The summed E-state index contributed by atoms with van der Waals surface area (Å²) in [6, 6.07) is 11.6. The number of hydrogen-bond acceptors (Lipinski definition) is 2. The van der Waals surface area contributed by atoms with E-state index in [4.69, 9.17) is 0 Å². The molecule has 0 aliphatic carbocycles. The van der Waals surface area contributed by atoms with Crippen LogP contribution >= 0.6 is 0 Å². The van der Waals surface area contributed by atoms with Crippen LogP contribution in [-0.2, 0) is 6.42 Å². The van der Waals surface area contributed by atoms with Crippen molar-refractivity contribution >= 4 is 5.65 Å². The molecule has 0 bridgehead atoms. The lowest BCUT2D eigenvalue weighted by Gasteiger charge is -2.01. The number of rotatable bonds is 3. The highest BCUT2D eigenvalue weighted by Gasteiger charge is 2.10. The van der Waals surface area contributed by atoms with Crippen molar-refractivity contribution in [1.29, 1.82) is 0 Å². The molecule has 1 aromatic carbocycles. The van der Waals surface area contributed by atoms with Gasteiger partial charge in [0, 0.05) is 23.5 Å². The number of H-pyrrole nitrogens is 1. The minimum absolute atomic E-state index is 0.0596. The van der Waals surface area contributed by atoms with Gasteiger partial charge in [0.1, 0.15) is 0 Å². The van der Waals surface area contributed by atoms with E-state index >= 15 is 0 Å². The molecule has 0 unspecified atom stereocenters. The van der Waals surface area contributed by atoms with Crippen molar-refractivity contribution in [3.8, 4) is 11.1 Å². The van der Waals surface area contributed by atoms with Gasteiger partial charge in [0.05, 0.1) is 0 Å². The lowest BCUT2D eigenvalue weighted by Crippen LogP contribution is -2.15. The Balaban J connectivity index is 2.24. The Morgan fingerprint density at radius 3 is 2.79 bits per heavy atom. The molecule has 0 saturated carbocycles. The fourth-order valence-corrected chi connectivity index (χ4v) is 2.24. The molecule has 1 N–H and O–H groups in total. The summed E-state index contributed by atoms with van der Waals surface area (Å²) in [5, 5.41) is 2.97. The fourth-order valence-electron chi connectivity index (χ4n) is 2.24. The van der Waals surface area contributed by atoms with Crippen molar-refractivity contribution < 1.29 is 0 Å². The maximum atomic E-state index is 12.0. The Hall–Kier alpha value is -2.36. The molecule has 0 spiro atoms. The van der Waals surface area contributed by atoms with Gasteiger partial charge in [-0.05, 0) is 12.0 Å². The minimum atomic E-state index is -0.0596.